The van der Waals surface area contributed by atoms with Crippen molar-refractivity contribution in [2.75, 3.05) is 38.6 Å². The molecule has 3 heterocycles. The topological polar surface area (TPSA) is 62.5 Å². The number of fused-ring (bicyclic) bond motifs is 1. The van der Waals surface area contributed by atoms with Gasteiger partial charge in [0, 0.05) is 33.1 Å². The van der Waals surface area contributed by atoms with Crippen LogP contribution in [-0.2, 0) is 0 Å². The minimum atomic E-state index is 0.100. The zero-order valence-electron chi connectivity index (χ0n) is 14.9. The third-order valence-electron chi connectivity index (χ3n) is 4.93. The van der Waals surface area contributed by atoms with Crippen LogP contribution in [0.3, 0.4) is 0 Å². The van der Waals surface area contributed by atoms with Crippen LogP contribution >= 0.6 is 22.7 Å². The zero-order valence-corrected chi connectivity index (χ0v) is 16.5. The molecule has 2 aromatic heterocycles. The number of hydrogen-bond acceptors (Lipinski definition) is 6. The van der Waals surface area contributed by atoms with Crippen LogP contribution in [0.15, 0.2) is 36.4 Å². The smallest absolute Gasteiger partial charge is 0.264 e. The Balaban J connectivity index is 1.55. The summed E-state index contributed by atoms with van der Waals surface area (Å²) in [6, 6.07) is 12.4. The highest BCUT2D eigenvalue weighted by molar-refractivity contribution is 7.29. The van der Waals surface area contributed by atoms with E-state index in [0.717, 1.165) is 32.6 Å². The van der Waals surface area contributed by atoms with Crippen LogP contribution in [0.5, 0.6) is 0 Å². The molecule has 0 unspecified atom stereocenters. The average Bonchev–Trinajstić information content (AvgIpc) is 3.34. The fourth-order valence-corrected chi connectivity index (χ4v) is 5.63. The maximum atomic E-state index is 13.0. The first-order valence-electron chi connectivity index (χ1n) is 8.68. The fraction of sp³-hybridized carbons (Fsp3) is 0.368. The van der Waals surface area contributed by atoms with Crippen molar-refractivity contribution in [2.45, 2.75) is 5.92 Å². The van der Waals surface area contributed by atoms with E-state index >= 15 is 0 Å². The number of nitrogens with zero attached hydrogens (tertiary/aromatic N) is 3. The number of benzene rings is 1. The molecule has 0 radical (unpaired) electrons. The Morgan fingerprint density at radius 3 is 2.69 bits per heavy atom. The fourth-order valence-electron chi connectivity index (χ4n) is 3.53. The molecule has 7 heteroatoms. The van der Waals surface area contributed by atoms with Gasteiger partial charge in [-0.15, -0.1) is 11.3 Å². The second-order valence-corrected chi connectivity index (χ2v) is 8.93. The normalized spacial score (nSPS) is 20.0. The highest BCUT2D eigenvalue weighted by atomic mass is 32.1. The molecule has 1 amide bonds. The molecule has 136 valence electrons. The van der Waals surface area contributed by atoms with Crippen molar-refractivity contribution in [2.24, 2.45) is 11.7 Å². The summed E-state index contributed by atoms with van der Waals surface area (Å²) in [6.07, 6.45) is 0. The highest BCUT2D eigenvalue weighted by Crippen LogP contribution is 2.37. The van der Waals surface area contributed by atoms with Crippen LogP contribution in [0.1, 0.15) is 21.2 Å². The van der Waals surface area contributed by atoms with Crippen molar-refractivity contribution in [3.63, 3.8) is 0 Å². The summed E-state index contributed by atoms with van der Waals surface area (Å²) < 4.78 is 1.08. The highest BCUT2D eigenvalue weighted by Gasteiger charge is 2.36. The van der Waals surface area contributed by atoms with Crippen LogP contribution in [0, 0.1) is 5.92 Å². The minimum absolute atomic E-state index is 0.100. The summed E-state index contributed by atoms with van der Waals surface area (Å²) in [5, 5.41) is 0.971. The molecule has 1 aliphatic heterocycles. The number of thiophene rings is 1. The molecule has 0 spiro atoms. The van der Waals surface area contributed by atoms with Crippen LogP contribution in [0.25, 0.3) is 9.53 Å². The average molecular weight is 387 g/mol. The number of amides is 1. The molecular formula is C19H22N4OS2. The van der Waals surface area contributed by atoms with Gasteiger partial charge in [-0.05, 0) is 24.1 Å². The van der Waals surface area contributed by atoms with E-state index in [0.29, 0.717) is 18.4 Å². The number of carbonyl (C=O) groups is 1. The SMILES string of the molecule is CN(C)c1nc2sc(C(=O)N3C[C@@H](CN)[C@H](c4ccccc4)C3)cc2s1. The van der Waals surface area contributed by atoms with Gasteiger partial charge in [-0.2, -0.15) is 0 Å². The second kappa shape index (κ2) is 6.98. The molecule has 4 rings (SSSR count). The van der Waals surface area contributed by atoms with Gasteiger partial charge in [0.05, 0.1) is 9.58 Å². The number of aromatic nitrogens is 1. The van der Waals surface area contributed by atoms with E-state index in [9.17, 15) is 4.79 Å². The van der Waals surface area contributed by atoms with Gasteiger partial charge in [0.25, 0.3) is 5.91 Å². The van der Waals surface area contributed by atoms with E-state index in [-0.39, 0.29) is 5.91 Å². The molecule has 5 nitrogen and oxygen atoms in total. The number of carbonyl (C=O) groups excluding carboxylic acids is 1. The van der Waals surface area contributed by atoms with Gasteiger partial charge < -0.3 is 15.5 Å². The number of nitrogens with two attached hydrogens (primary N) is 1. The Morgan fingerprint density at radius 2 is 2.04 bits per heavy atom. The van der Waals surface area contributed by atoms with Crippen molar-refractivity contribution in [3.8, 4) is 0 Å². The zero-order chi connectivity index (χ0) is 18.3. The van der Waals surface area contributed by atoms with E-state index in [1.165, 1.54) is 16.9 Å². The molecule has 0 saturated carbocycles. The molecule has 3 aromatic rings. The Morgan fingerprint density at radius 1 is 1.27 bits per heavy atom. The molecule has 2 atom stereocenters. The van der Waals surface area contributed by atoms with Crippen LogP contribution in [0.4, 0.5) is 5.13 Å². The Bertz CT molecular complexity index is 887. The van der Waals surface area contributed by atoms with Gasteiger partial charge in [-0.1, -0.05) is 41.7 Å². The third kappa shape index (κ3) is 3.11. The number of anilines is 1. The third-order valence-corrected chi connectivity index (χ3v) is 7.25. The maximum Gasteiger partial charge on any atom is 0.264 e. The lowest BCUT2D eigenvalue weighted by atomic mass is 9.89. The molecule has 1 aliphatic rings. The lowest BCUT2D eigenvalue weighted by Gasteiger charge is -2.16. The molecule has 0 aliphatic carbocycles. The molecule has 0 bridgehead atoms. The van der Waals surface area contributed by atoms with Gasteiger partial charge >= 0.3 is 0 Å². The predicted molar refractivity (Wildman–Crippen MR) is 109 cm³/mol. The lowest BCUT2D eigenvalue weighted by Crippen LogP contribution is -2.29. The number of hydrogen-bond donors (Lipinski definition) is 1. The van der Waals surface area contributed by atoms with Crippen LogP contribution in [-0.4, -0.2) is 49.5 Å². The van der Waals surface area contributed by atoms with Gasteiger partial charge in [0.2, 0.25) is 0 Å². The summed E-state index contributed by atoms with van der Waals surface area (Å²) in [4.78, 5) is 23.3. The first-order valence-corrected chi connectivity index (χ1v) is 10.3. The largest absolute Gasteiger partial charge is 0.354 e. The van der Waals surface area contributed by atoms with Crippen molar-refractivity contribution in [1.82, 2.24) is 9.88 Å². The first-order chi connectivity index (χ1) is 12.6. The number of rotatable bonds is 4. The minimum Gasteiger partial charge on any atom is -0.354 e. The second-order valence-electron chi connectivity index (χ2n) is 6.89. The molecular weight excluding hydrogens is 364 g/mol. The summed E-state index contributed by atoms with van der Waals surface area (Å²) in [6.45, 7) is 2.04. The molecule has 26 heavy (non-hydrogen) atoms. The standard InChI is InChI=1S/C19H22N4OS2/c1-22(2)19-21-17-15(26-19)8-16(25-17)18(24)23-10-13(9-20)14(11-23)12-6-4-3-5-7-12/h3-8,13-14H,9-11,20H2,1-2H3/t13-,14+/m1/s1. The predicted octanol–water partition coefficient (Wildman–Crippen LogP) is 3.24. The molecule has 1 fully saturated rings. The van der Waals surface area contributed by atoms with Crippen molar-refractivity contribution in [3.05, 3.63) is 46.8 Å². The summed E-state index contributed by atoms with van der Waals surface area (Å²) >= 11 is 3.11. The van der Waals surface area contributed by atoms with E-state index in [1.807, 2.05) is 36.0 Å². The molecule has 1 saturated heterocycles. The van der Waals surface area contributed by atoms with Gasteiger partial charge in [0.15, 0.2) is 5.13 Å². The van der Waals surface area contributed by atoms with E-state index < -0.39 is 0 Å². The van der Waals surface area contributed by atoms with E-state index in [2.05, 4.69) is 29.2 Å². The van der Waals surface area contributed by atoms with E-state index in [1.54, 1.807) is 11.3 Å². The molecule has 1 aromatic carbocycles. The summed E-state index contributed by atoms with van der Waals surface area (Å²) in [7, 11) is 3.96. The molecule has 2 N–H and O–H groups in total. The monoisotopic (exact) mass is 386 g/mol. The lowest BCUT2D eigenvalue weighted by molar-refractivity contribution is 0.0791. The van der Waals surface area contributed by atoms with Crippen molar-refractivity contribution in [1.29, 1.82) is 0 Å². The van der Waals surface area contributed by atoms with E-state index in [4.69, 9.17) is 5.73 Å². The number of thiazole rings is 1. The van der Waals surface area contributed by atoms with Crippen molar-refractivity contribution < 1.29 is 4.79 Å². The maximum absolute atomic E-state index is 13.0. The Kier molecular flexibility index (Phi) is 4.69. The first kappa shape index (κ1) is 17.5. The quantitative estimate of drug-likeness (QED) is 0.748. The number of likely N-dealkylation sites (tertiary alicyclic amines) is 1. The van der Waals surface area contributed by atoms with Gasteiger partial charge in [0.1, 0.15) is 4.83 Å². The van der Waals surface area contributed by atoms with Crippen molar-refractivity contribution >= 4 is 43.2 Å². The van der Waals surface area contributed by atoms with Crippen LogP contribution < -0.4 is 10.6 Å². The van der Waals surface area contributed by atoms with Gasteiger partial charge in [-0.25, -0.2) is 4.98 Å². The Labute approximate surface area is 161 Å². The summed E-state index contributed by atoms with van der Waals surface area (Å²) in [5.41, 5.74) is 7.27. The van der Waals surface area contributed by atoms with Crippen LogP contribution in [0.2, 0.25) is 0 Å². The Hall–Kier alpha value is -1.96. The van der Waals surface area contributed by atoms with Gasteiger partial charge in [-0.3, -0.25) is 4.79 Å². The summed E-state index contributed by atoms with van der Waals surface area (Å²) in [5.74, 6) is 0.717.